The normalized spacial score (nSPS) is 14.7. The van der Waals surface area contributed by atoms with Crippen molar-refractivity contribution < 1.29 is 14.3 Å². The molecule has 4 rings (SSSR count). The molecule has 0 spiro atoms. The van der Waals surface area contributed by atoms with Crippen LogP contribution >= 0.6 is 15.9 Å². The fourth-order valence-electron chi connectivity index (χ4n) is 3.76. The smallest absolute Gasteiger partial charge is 0.253 e. The zero-order valence-corrected chi connectivity index (χ0v) is 19.5. The second-order valence-electron chi connectivity index (χ2n) is 7.82. The molecule has 32 heavy (non-hydrogen) atoms. The third-order valence-corrected chi connectivity index (χ3v) is 5.97. The summed E-state index contributed by atoms with van der Waals surface area (Å²) in [5, 5.41) is 3.14. The Balaban J connectivity index is 1.25. The van der Waals surface area contributed by atoms with Crippen molar-refractivity contribution in [2.45, 2.75) is 25.4 Å². The third kappa shape index (κ3) is 6.08. The molecule has 1 aliphatic rings. The predicted octanol–water partition coefficient (Wildman–Crippen LogP) is 5.04. The molecule has 1 aromatic heterocycles. The van der Waals surface area contributed by atoms with E-state index < -0.39 is 0 Å². The minimum absolute atomic E-state index is 0.0993. The summed E-state index contributed by atoms with van der Waals surface area (Å²) in [5.41, 5.74) is 1.77. The van der Waals surface area contributed by atoms with Crippen LogP contribution in [0.1, 0.15) is 28.8 Å². The Morgan fingerprint density at radius 2 is 1.88 bits per heavy atom. The molecule has 1 aliphatic heterocycles. The number of amides is 1. The van der Waals surface area contributed by atoms with Crippen LogP contribution in [-0.2, 0) is 6.54 Å². The van der Waals surface area contributed by atoms with Crippen LogP contribution < -0.4 is 14.8 Å². The summed E-state index contributed by atoms with van der Waals surface area (Å²) >= 11 is 3.42. The van der Waals surface area contributed by atoms with Crippen molar-refractivity contribution in [3.05, 3.63) is 82.5 Å². The fourth-order valence-corrected chi connectivity index (χ4v) is 4.14. The number of carbonyl (C=O) groups excluding carboxylic acids is 1. The number of hydrogen-bond acceptors (Lipinski definition) is 5. The van der Waals surface area contributed by atoms with Gasteiger partial charge in [-0.2, -0.15) is 0 Å². The van der Waals surface area contributed by atoms with Gasteiger partial charge in [0.05, 0.1) is 12.7 Å². The first kappa shape index (κ1) is 22.3. The molecule has 1 saturated heterocycles. The molecule has 1 fully saturated rings. The number of pyridine rings is 1. The highest BCUT2D eigenvalue weighted by Gasteiger charge is 2.21. The molecule has 6 nitrogen and oxygen atoms in total. The van der Waals surface area contributed by atoms with Gasteiger partial charge in [-0.15, -0.1) is 0 Å². The van der Waals surface area contributed by atoms with Crippen molar-refractivity contribution in [1.29, 1.82) is 0 Å². The van der Waals surface area contributed by atoms with Gasteiger partial charge in [-0.1, -0.05) is 34.1 Å². The minimum atomic E-state index is -0.0993. The number of hydrogen-bond donors (Lipinski definition) is 1. The summed E-state index contributed by atoms with van der Waals surface area (Å²) in [6.45, 7) is 2.78. The van der Waals surface area contributed by atoms with Gasteiger partial charge in [0.1, 0.15) is 11.5 Å². The van der Waals surface area contributed by atoms with Gasteiger partial charge in [0, 0.05) is 42.4 Å². The first-order valence-electron chi connectivity index (χ1n) is 10.6. The summed E-state index contributed by atoms with van der Waals surface area (Å²) in [6.07, 6.45) is 3.40. The van der Waals surface area contributed by atoms with Crippen LogP contribution in [-0.4, -0.2) is 42.0 Å². The molecule has 1 amide bonds. The highest BCUT2D eigenvalue weighted by molar-refractivity contribution is 9.10. The van der Waals surface area contributed by atoms with Crippen molar-refractivity contribution in [3.63, 3.8) is 0 Å². The van der Waals surface area contributed by atoms with Crippen LogP contribution in [0.3, 0.4) is 0 Å². The first-order chi connectivity index (χ1) is 15.6. The van der Waals surface area contributed by atoms with E-state index in [0.717, 1.165) is 42.7 Å². The lowest BCUT2D eigenvalue weighted by Gasteiger charge is -2.32. The lowest BCUT2D eigenvalue weighted by atomic mass is 10.0. The number of likely N-dealkylation sites (tertiary alicyclic amines) is 1. The van der Waals surface area contributed by atoms with Gasteiger partial charge in [-0.25, -0.2) is 4.98 Å². The highest BCUT2D eigenvalue weighted by Crippen LogP contribution is 2.23. The van der Waals surface area contributed by atoms with Crippen molar-refractivity contribution in [2.24, 2.45) is 0 Å². The van der Waals surface area contributed by atoms with Gasteiger partial charge in [-0.3, -0.25) is 9.69 Å². The summed E-state index contributed by atoms with van der Waals surface area (Å²) in [7, 11) is 1.69. The van der Waals surface area contributed by atoms with E-state index in [-0.39, 0.29) is 11.9 Å². The van der Waals surface area contributed by atoms with E-state index in [1.54, 1.807) is 25.4 Å². The van der Waals surface area contributed by atoms with E-state index in [4.69, 9.17) is 9.47 Å². The Bertz CT molecular complexity index is 1050. The van der Waals surface area contributed by atoms with Gasteiger partial charge in [0.2, 0.25) is 5.88 Å². The first-order valence-corrected chi connectivity index (χ1v) is 11.4. The topological polar surface area (TPSA) is 63.7 Å². The number of nitrogens with one attached hydrogen (secondary N) is 1. The number of carbonyl (C=O) groups is 1. The maximum Gasteiger partial charge on any atom is 0.253 e. The predicted molar refractivity (Wildman–Crippen MR) is 127 cm³/mol. The maximum atomic E-state index is 12.6. The standard InChI is InChI=1S/C25H26BrN3O3/c1-31-22-6-2-4-18(14-22)17-29-12-10-21(11-13-29)28-25(30)19-8-9-24(27-16-19)32-23-7-3-5-20(26)15-23/h2-9,14-16,21H,10-13,17H2,1H3,(H,28,30). The molecule has 0 radical (unpaired) electrons. The Morgan fingerprint density at radius 1 is 1.09 bits per heavy atom. The molecule has 1 N–H and O–H groups in total. The second kappa shape index (κ2) is 10.6. The Kier molecular flexibility index (Phi) is 7.39. The average Bonchev–Trinajstić information content (AvgIpc) is 2.81. The van der Waals surface area contributed by atoms with Crippen LogP contribution in [0, 0.1) is 0 Å². The largest absolute Gasteiger partial charge is 0.497 e. The zero-order chi connectivity index (χ0) is 22.3. The molecular weight excluding hydrogens is 470 g/mol. The molecule has 0 bridgehead atoms. The summed E-state index contributed by atoms with van der Waals surface area (Å²) < 4.78 is 12.0. The summed E-state index contributed by atoms with van der Waals surface area (Å²) in [6, 6.07) is 19.3. The Labute approximate surface area is 196 Å². The summed E-state index contributed by atoms with van der Waals surface area (Å²) in [4.78, 5) is 19.3. The molecule has 7 heteroatoms. The number of piperidine rings is 1. The maximum absolute atomic E-state index is 12.6. The molecule has 166 valence electrons. The number of methoxy groups -OCH3 is 1. The van der Waals surface area contributed by atoms with E-state index in [0.29, 0.717) is 17.2 Å². The number of nitrogens with zero attached hydrogens (tertiary/aromatic N) is 2. The van der Waals surface area contributed by atoms with E-state index >= 15 is 0 Å². The monoisotopic (exact) mass is 495 g/mol. The van der Waals surface area contributed by atoms with Crippen molar-refractivity contribution in [2.75, 3.05) is 20.2 Å². The van der Waals surface area contributed by atoms with Crippen molar-refractivity contribution >= 4 is 21.8 Å². The molecule has 0 saturated carbocycles. The van der Waals surface area contributed by atoms with Gasteiger partial charge < -0.3 is 14.8 Å². The zero-order valence-electron chi connectivity index (χ0n) is 18.0. The fraction of sp³-hybridized carbons (Fsp3) is 0.280. The number of benzene rings is 2. The Morgan fingerprint density at radius 3 is 2.59 bits per heavy atom. The molecule has 2 aromatic carbocycles. The number of halogens is 1. The van der Waals surface area contributed by atoms with E-state index in [1.165, 1.54) is 5.56 Å². The SMILES string of the molecule is COc1cccc(CN2CCC(NC(=O)c3ccc(Oc4cccc(Br)c4)nc3)CC2)c1. The highest BCUT2D eigenvalue weighted by atomic mass is 79.9. The van der Waals surface area contributed by atoms with Crippen molar-refractivity contribution in [1.82, 2.24) is 15.2 Å². The summed E-state index contributed by atoms with van der Waals surface area (Å²) in [5.74, 6) is 1.92. The van der Waals surface area contributed by atoms with Gasteiger partial charge in [0.15, 0.2) is 0 Å². The number of aromatic nitrogens is 1. The van der Waals surface area contributed by atoms with Crippen molar-refractivity contribution in [3.8, 4) is 17.4 Å². The van der Waals surface area contributed by atoms with Crippen LogP contribution in [0.15, 0.2) is 71.3 Å². The van der Waals surface area contributed by atoms with Crippen LogP contribution in [0.4, 0.5) is 0 Å². The quantitative estimate of drug-likeness (QED) is 0.497. The third-order valence-electron chi connectivity index (χ3n) is 5.48. The minimum Gasteiger partial charge on any atom is -0.497 e. The molecular formula is C25H26BrN3O3. The molecule has 0 aliphatic carbocycles. The number of ether oxygens (including phenoxy) is 2. The molecule has 0 atom stereocenters. The average molecular weight is 496 g/mol. The lowest BCUT2D eigenvalue weighted by molar-refractivity contribution is 0.0908. The van der Waals surface area contributed by atoms with Gasteiger partial charge in [-0.05, 0) is 54.8 Å². The Hall–Kier alpha value is -2.90. The van der Waals surface area contributed by atoms with E-state index in [9.17, 15) is 4.79 Å². The van der Waals surface area contributed by atoms with Gasteiger partial charge >= 0.3 is 0 Å². The molecule has 2 heterocycles. The number of rotatable bonds is 7. The lowest BCUT2D eigenvalue weighted by Crippen LogP contribution is -2.44. The van der Waals surface area contributed by atoms with E-state index in [1.807, 2.05) is 36.4 Å². The van der Waals surface area contributed by atoms with Crippen LogP contribution in [0.5, 0.6) is 17.4 Å². The van der Waals surface area contributed by atoms with Crippen LogP contribution in [0.2, 0.25) is 0 Å². The molecule has 0 unspecified atom stereocenters. The van der Waals surface area contributed by atoms with Crippen LogP contribution in [0.25, 0.3) is 0 Å². The molecule has 3 aromatic rings. The van der Waals surface area contributed by atoms with Gasteiger partial charge in [0.25, 0.3) is 5.91 Å². The second-order valence-corrected chi connectivity index (χ2v) is 8.74. The van der Waals surface area contributed by atoms with E-state index in [2.05, 4.69) is 43.3 Å².